The molecule has 2 N–H and O–H groups in total. The molecule has 0 aliphatic carbocycles. The van der Waals surface area contributed by atoms with Gasteiger partial charge in [0.25, 0.3) is 0 Å². The highest BCUT2D eigenvalue weighted by molar-refractivity contribution is 5.74. The Balaban J connectivity index is 1.96. The van der Waals surface area contributed by atoms with Crippen molar-refractivity contribution in [1.82, 2.24) is 0 Å². The Morgan fingerprint density at radius 2 is 1.67 bits per heavy atom. The normalized spacial score (nSPS) is 39.4. The molecule has 3 rings (SSSR count). The van der Waals surface area contributed by atoms with E-state index >= 15 is 0 Å². The van der Waals surface area contributed by atoms with Crippen molar-refractivity contribution in [3.63, 3.8) is 0 Å². The topological polar surface area (TPSA) is 94.5 Å². The first kappa shape index (κ1) is 28.8. The Kier molecular flexibility index (Phi) is 10.1. The average molecular weight is 505 g/mol. The zero-order valence-electron chi connectivity index (χ0n) is 22.4. The lowest BCUT2D eigenvalue weighted by atomic mass is 9.76. The van der Waals surface area contributed by atoms with Gasteiger partial charge in [0, 0.05) is 20.1 Å². The van der Waals surface area contributed by atoms with Gasteiger partial charge in [-0.15, -0.1) is 0 Å². The molecule has 9 unspecified atom stereocenters. The van der Waals surface area contributed by atoms with Crippen LogP contribution in [-0.2, 0) is 23.7 Å². The highest BCUT2D eigenvalue weighted by Crippen LogP contribution is 2.44. The van der Waals surface area contributed by atoms with Crippen molar-refractivity contribution in [2.75, 3.05) is 14.2 Å². The Hall–Kier alpha value is -1.77. The SMILES string of the molecule is C=C1C(C)C2OC(O)(C(C)C(=O)OC(c3ccccc3)CCCCC(OC)C(O)CCC2C)C1OC. The quantitative estimate of drug-likeness (QED) is 0.460. The van der Waals surface area contributed by atoms with E-state index in [1.54, 1.807) is 14.0 Å². The van der Waals surface area contributed by atoms with Crippen LogP contribution in [-0.4, -0.2) is 60.6 Å². The van der Waals surface area contributed by atoms with Crippen molar-refractivity contribution in [3.8, 4) is 0 Å². The van der Waals surface area contributed by atoms with E-state index in [4.69, 9.17) is 18.9 Å². The number of carbonyl (C=O) groups excluding carboxylic acids is 1. The van der Waals surface area contributed by atoms with Gasteiger partial charge in [0.05, 0.1) is 18.3 Å². The number of methoxy groups -OCH3 is 2. The summed E-state index contributed by atoms with van der Waals surface area (Å²) in [6, 6.07) is 9.63. The van der Waals surface area contributed by atoms with Gasteiger partial charge in [-0.3, -0.25) is 4.79 Å². The lowest BCUT2D eigenvalue weighted by Gasteiger charge is -2.50. The maximum absolute atomic E-state index is 13.5. The zero-order chi connectivity index (χ0) is 26.5. The fourth-order valence-corrected chi connectivity index (χ4v) is 5.65. The number of esters is 1. The zero-order valence-corrected chi connectivity index (χ0v) is 22.4. The molecule has 0 amide bonds. The summed E-state index contributed by atoms with van der Waals surface area (Å²) in [7, 11) is 3.12. The van der Waals surface area contributed by atoms with Gasteiger partial charge in [0.1, 0.15) is 18.1 Å². The minimum Gasteiger partial charge on any atom is -0.457 e. The first-order chi connectivity index (χ1) is 17.1. The third-order valence-corrected chi connectivity index (χ3v) is 8.17. The standard InChI is InChI=1S/C29H44O7/c1-18-16-17-23(30)25(33-5)15-11-10-14-24(22-12-8-7-9-13-22)35-28(31)21(4)29(32)27(34-6)20(3)19(2)26(18)36-29/h7-9,12-13,18-19,21,23-27,30,32H,3,10-11,14-17H2,1-2,4-6H3. The first-order valence-corrected chi connectivity index (χ1v) is 13.2. The minimum absolute atomic E-state index is 0.0126. The Bertz CT molecular complexity index is 858. The summed E-state index contributed by atoms with van der Waals surface area (Å²) in [5, 5.41) is 22.7. The second kappa shape index (κ2) is 12.7. The molecule has 0 radical (unpaired) electrons. The molecular formula is C29H44O7. The van der Waals surface area contributed by atoms with E-state index < -0.39 is 42.1 Å². The summed E-state index contributed by atoms with van der Waals surface area (Å²) in [6.45, 7) is 9.87. The van der Waals surface area contributed by atoms with Crippen LogP contribution in [0.25, 0.3) is 0 Å². The molecule has 0 saturated carbocycles. The molecule has 2 heterocycles. The van der Waals surface area contributed by atoms with Gasteiger partial charge in [-0.1, -0.05) is 57.2 Å². The molecule has 7 nitrogen and oxygen atoms in total. The van der Waals surface area contributed by atoms with Crippen LogP contribution in [0.5, 0.6) is 0 Å². The number of aliphatic hydroxyl groups excluding tert-OH is 1. The van der Waals surface area contributed by atoms with Crippen LogP contribution in [0, 0.1) is 17.8 Å². The van der Waals surface area contributed by atoms with E-state index in [1.807, 2.05) is 44.2 Å². The van der Waals surface area contributed by atoms with Crippen LogP contribution in [0.1, 0.15) is 71.0 Å². The van der Waals surface area contributed by atoms with Gasteiger partial charge < -0.3 is 29.2 Å². The summed E-state index contributed by atoms with van der Waals surface area (Å²) in [6.07, 6.45) is 1.57. The van der Waals surface area contributed by atoms with Crippen molar-refractivity contribution in [3.05, 3.63) is 48.0 Å². The number of ether oxygens (including phenoxy) is 4. The van der Waals surface area contributed by atoms with Crippen LogP contribution in [0.4, 0.5) is 0 Å². The summed E-state index contributed by atoms with van der Waals surface area (Å²) in [4.78, 5) is 13.5. The van der Waals surface area contributed by atoms with Gasteiger partial charge in [-0.2, -0.15) is 0 Å². The van der Waals surface area contributed by atoms with Gasteiger partial charge in [-0.25, -0.2) is 0 Å². The lowest BCUT2D eigenvalue weighted by Crippen LogP contribution is -2.62. The van der Waals surface area contributed by atoms with E-state index in [0.29, 0.717) is 24.8 Å². The first-order valence-electron chi connectivity index (χ1n) is 13.2. The number of hydrogen-bond acceptors (Lipinski definition) is 7. The molecule has 1 aromatic rings. The van der Waals surface area contributed by atoms with Crippen molar-refractivity contribution < 1.29 is 34.0 Å². The molecule has 2 saturated heterocycles. The summed E-state index contributed by atoms with van der Waals surface area (Å²) >= 11 is 0. The van der Waals surface area contributed by atoms with Crippen LogP contribution in [0.3, 0.4) is 0 Å². The van der Waals surface area contributed by atoms with Crippen molar-refractivity contribution in [2.24, 2.45) is 17.8 Å². The number of benzene rings is 1. The maximum Gasteiger partial charge on any atom is 0.314 e. The van der Waals surface area contributed by atoms with Gasteiger partial charge in [0.15, 0.2) is 0 Å². The molecule has 1 aromatic carbocycles. The van der Waals surface area contributed by atoms with Crippen LogP contribution in [0.15, 0.2) is 42.5 Å². The predicted octanol–water partition coefficient (Wildman–Crippen LogP) is 4.57. The van der Waals surface area contributed by atoms with Crippen molar-refractivity contribution >= 4 is 5.97 Å². The van der Waals surface area contributed by atoms with E-state index in [2.05, 4.69) is 6.58 Å². The van der Waals surface area contributed by atoms with Crippen LogP contribution < -0.4 is 0 Å². The van der Waals surface area contributed by atoms with Gasteiger partial charge in [0.2, 0.25) is 5.79 Å². The number of rotatable bonds is 3. The smallest absolute Gasteiger partial charge is 0.314 e. The largest absolute Gasteiger partial charge is 0.457 e. The molecule has 0 aromatic heterocycles. The number of aliphatic hydroxyl groups is 2. The third-order valence-electron chi connectivity index (χ3n) is 8.17. The Morgan fingerprint density at radius 1 is 1.00 bits per heavy atom. The molecular weight excluding hydrogens is 460 g/mol. The van der Waals surface area contributed by atoms with E-state index in [1.165, 1.54) is 7.11 Å². The number of carbonyl (C=O) groups is 1. The highest BCUT2D eigenvalue weighted by atomic mass is 16.7. The fourth-order valence-electron chi connectivity index (χ4n) is 5.65. The molecule has 202 valence electrons. The van der Waals surface area contributed by atoms with E-state index in [0.717, 1.165) is 24.8 Å². The van der Waals surface area contributed by atoms with Crippen molar-refractivity contribution in [2.45, 2.75) is 95.6 Å². The number of cyclic esters (lactones) is 1. The van der Waals surface area contributed by atoms with Crippen molar-refractivity contribution in [1.29, 1.82) is 0 Å². The fraction of sp³-hybridized carbons (Fsp3) is 0.690. The second-order valence-electron chi connectivity index (χ2n) is 10.6. The van der Waals surface area contributed by atoms with E-state index in [9.17, 15) is 15.0 Å². The molecule has 2 aliphatic heterocycles. The summed E-state index contributed by atoms with van der Waals surface area (Å²) in [5.41, 5.74) is 1.57. The predicted molar refractivity (Wildman–Crippen MR) is 137 cm³/mol. The third kappa shape index (κ3) is 6.20. The maximum atomic E-state index is 13.5. The summed E-state index contributed by atoms with van der Waals surface area (Å²) in [5.74, 6) is -3.61. The highest BCUT2D eigenvalue weighted by Gasteiger charge is 2.56. The molecule has 9 atom stereocenters. The average Bonchev–Trinajstić information content (AvgIpc) is 2.88. The molecule has 2 fully saturated rings. The molecule has 36 heavy (non-hydrogen) atoms. The molecule has 2 aliphatic rings. The summed E-state index contributed by atoms with van der Waals surface area (Å²) < 4.78 is 23.6. The second-order valence-corrected chi connectivity index (χ2v) is 10.6. The monoisotopic (exact) mass is 504 g/mol. The molecule has 0 spiro atoms. The molecule has 7 heteroatoms. The number of hydrogen-bond donors (Lipinski definition) is 2. The van der Waals surface area contributed by atoms with Gasteiger partial charge in [-0.05, 0) is 56.1 Å². The minimum atomic E-state index is -1.93. The molecule has 2 bridgehead atoms. The Labute approximate surface area is 215 Å². The Morgan fingerprint density at radius 3 is 2.31 bits per heavy atom. The van der Waals surface area contributed by atoms with E-state index in [-0.39, 0.29) is 17.9 Å². The number of fused-ring (bicyclic) bond motifs is 2. The van der Waals surface area contributed by atoms with Gasteiger partial charge >= 0.3 is 5.97 Å². The van der Waals surface area contributed by atoms with Crippen LogP contribution in [0.2, 0.25) is 0 Å². The lowest BCUT2D eigenvalue weighted by molar-refractivity contribution is -0.324. The van der Waals surface area contributed by atoms with Crippen LogP contribution >= 0.6 is 0 Å².